The molecular formula is C19H24N2O2S. The van der Waals surface area contributed by atoms with E-state index in [2.05, 4.69) is 23.1 Å². The minimum Gasteiger partial charge on any atom is -0.372 e. The van der Waals surface area contributed by atoms with Crippen LogP contribution in [-0.4, -0.2) is 33.5 Å². The fourth-order valence-corrected chi connectivity index (χ4v) is 3.33. The largest absolute Gasteiger partial charge is 0.372 e. The Kier molecular flexibility index (Phi) is 6.55. The van der Waals surface area contributed by atoms with Crippen LogP contribution < -0.4 is 4.90 Å². The number of benzene rings is 2. The number of anilines is 1. The van der Waals surface area contributed by atoms with Crippen molar-refractivity contribution in [2.45, 2.75) is 20.3 Å². The summed E-state index contributed by atoms with van der Waals surface area (Å²) in [5.74, 6) is 0.0189. The van der Waals surface area contributed by atoms with Gasteiger partial charge in [-0.2, -0.15) is 4.40 Å². The summed E-state index contributed by atoms with van der Waals surface area (Å²) in [4.78, 5) is 2.23. The molecule has 0 atom stereocenters. The van der Waals surface area contributed by atoms with E-state index in [1.165, 1.54) is 6.21 Å². The lowest BCUT2D eigenvalue weighted by Crippen LogP contribution is -2.21. The number of hydrogen-bond acceptors (Lipinski definition) is 3. The van der Waals surface area contributed by atoms with Crippen molar-refractivity contribution in [1.29, 1.82) is 0 Å². The van der Waals surface area contributed by atoms with E-state index < -0.39 is 10.0 Å². The molecule has 0 amide bonds. The van der Waals surface area contributed by atoms with E-state index in [9.17, 15) is 8.42 Å². The quantitative estimate of drug-likeness (QED) is 0.689. The van der Waals surface area contributed by atoms with E-state index in [-0.39, 0.29) is 5.75 Å². The number of hydrogen-bond donors (Lipinski definition) is 0. The van der Waals surface area contributed by atoms with Crippen LogP contribution in [0.1, 0.15) is 25.0 Å². The Morgan fingerprint density at radius 1 is 0.958 bits per heavy atom. The van der Waals surface area contributed by atoms with E-state index in [1.807, 2.05) is 54.6 Å². The average molecular weight is 344 g/mol. The summed E-state index contributed by atoms with van der Waals surface area (Å²) >= 11 is 0. The molecule has 5 heteroatoms. The van der Waals surface area contributed by atoms with Gasteiger partial charge in [0.15, 0.2) is 0 Å². The van der Waals surface area contributed by atoms with Crippen molar-refractivity contribution < 1.29 is 8.42 Å². The van der Waals surface area contributed by atoms with Gasteiger partial charge in [0, 0.05) is 25.0 Å². The second-order valence-electron chi connectivity index (χ2n) is 5.52. The maximum atomic E-state index is 12.0. The van der Waals surface area contributed by atoms with Crippen LogP contribution in [0.2, 0.25) is 0 Å². The van der Waals surface area contributed by atoms with E-state index in [0.717, 1.165) is 29.9 Å². The SMILES string of the molecule is CCN(CC)c1ccc(/C=N/S(=O)(=O)CCc2ccccc2)cc1. The number of nitrogens with zero attached hydrogens (tertiary/aromatic N) is 2. The molecule has 2 aromatic carbocycles. The Hall–Kier alpha value is -2.14. The smallest absolute Gasteiger partial charge is 0.253 e. The van der Waals surface area contributed by atoms with Crippen molar-refractivity contribution in [2.75, 3.05) is 23.7 Å². The molecule has 0 bridgehead atoms. The van der Waals surface area contributed by atoms with E-state index in [0.29, 0.717) is 6.42 Å². The zero-order valence-electron chi connectivity index (χ0n) is 14.2. The molecule has 0 aliphatic heterocycles. The van der Waals surface area contributed by atoms with Gasteiger partial charge < -0.3 is 4.90 Å². The van der Waals surface area contributed by atoms with Crippen LogP contribution in [0.4, 0.5) is 5.69 Å². The molecule has 24 heavy (non-hydrogen) atoms. The van der Waals surface area contributed by atoms with Crippen molar-refractivity contribution in [3.8, 4) is 0 Å². The minimum atomic E-state index is -3.45. The first kappa shape index (κ1) is 18.2. The standard InChI is InChI=1S/C19H24N2O2S/c1-3-21(4-2)19-12-10-18(11-13-19)16-20-24(22,23)15-14-17-8-6-5-7-9-17/h5-13,16H,3-4,14-15H2,1-2H3/b20-16+. The zero-order valence-corrected chi connectivity index (χ0v) is 15.0. The first-order chi connectivity index (χ1) is 11.5. The van der Waals surface area contributed by atoms with E-state index in [4.69, 9.17) is 0 Å². The molecule has 0 fully saturated rings. The lowest BCUT2D eigenvalue weighted by atomic mass is 10.2. The molecule has 0 N–H and O–H groups in total. The molecule has 2 aromatic rings. The van der Waals surface area contributed by atoms with Gasteiger partial charge >= 0.3 is 0 Å². The second kappa shape index (κ2) is 8.64. The summed E-state index contributed by atoms with van der Waals surface area (Å²) in [5.41, 5.74) is 2.91. The van der Waals surface area contributed by atoms with Crippen LogP contribution in [0.5, 0.6) is 0 Å². The third-order valence-electron chi connectivity index (χ3n) is 3.88. The van der Waals surface area contributed by atoms with Crippen molar-refractivity contribution in [3.63, 3.8) is 0 Å². The van der Waals surface area contributed by atoms with Gasteiger partial charge in [-0.1, -0.05) is 42.5 Å². The maximum Gasteiger partial charge on any atom is 0.253 e. The van der Waals surface area contributed by atoms with Crippen LogP contribution in [0, 0.1) is 0 Å². The van der Waals surface area contributed by atoms with Gasteiger partial charge in [-0.15, -0.1) is 0 Å². The number of rotatable bonds is 8. The molecule has 0 aromatic heterocycles. The molecular weight excluding hydrogens is 320 g/mol. The van der Waals surface area contributed by atoms with Crippen LogP contribution in [0.25, 0.3) is 0 Å². The van der Waals surface area contributed by atoms with Crippen LogP contribution in [-0.2, 0) is 16.4 Å². The van der Waals surface area contributed by atoms with Gasteiger partial charge in [0.05, 0.1) is 5.75 Å². The van der Waals surface area contributed by atoms with Crippen LogP contribution in [0.3, 0.4) is 0 Å². The lowest BCUT2D eigenvalue weighted by Gasteiger charge is -2.20. The van der Waals surface area contributed by atoms with Gasteiger partial charge in [0.2, 0.25) is 0 Å². The van der Waals surface area contributed by atoms with Gasteiger partial charge in [0.25, 0.3) is 10.0 Å². The van der Waals surface area contributed by atoms with Crippen molar-refractivity contribution in [1.82, 2.24) is 0 Å². The highest BCUT2D eigenvalue weighted by Gasteiger charge is 2.08. The van der Waals surface area contributed by atoms with Crippen molar-refractivity contribution >= 4 is 21.9 Å². The average Bonchev–Trinajstić information content (AvgIpc) is 2.61. The second-order valence-corrected chi connectivity index (χ2v) is 7.30. The predicted octanol–water partition coefficient (Wildman–Crippen LogP) is 3.52. The molecule has 0 heterocycles. The molecule has 0 radical (unpaired) electrons. The fourth-order valence-electron chi connectivity index (χ4n) is 2.45. The highest BCUT2D eigenvalue weighted by atomic mass is 32.2. The molecule has 128 valence electrons. The topological polar surface area (TPSA) is 49.7 Å². The summed E-state index contributed by atoms with van der Waals surface area (Å²) in [6, 6.07) is 17.3. The van der Waals surface area contributed by atoms with Gasteiger partial charge in [-0.3, -0.25) is 0 Å². The Balaban J connectivity index is 1.98. The van der Waals surface area contributed by atoms with Crippen LogP contribution >= 0.6 is 0 Å². The third kappa shape index (κ3) is 5.49. The summed E-state index contributed by atoms with van der Waals surface area (Å²) in [5, 5.41) is 0. The lowest BCUT2D eigenvalue weighted by molar-refractivity contribution is 0.597. The molecule has 0 aliphatic rings. The molecule has 0 aliphatic carbocycles. The number of aryl methyl sites for hydroxylation is 1. The first-order valence-electron chi connectivity index (χ1n) is 8.21. The molecule has 0 saturated heterocycles. The van der Waals surface area contributed by atoms with Crippen LogP contribution in [0.15, 0.2) is 59.0 Å². The Morgan fingerprint density at radius 3 is 2.17 bits per heavy atom. The highest BCUT2D eigenvalue weighted by molar-refractivity contribution is 7.90. The normalized spacial score (nSPS) is 11.8. The molecule has 0 spiro atoms. The Bertz CT molecular complexity index is 750. The minimum absolute atomic E-state index is 0.0189. The molecule has 2 rings (SSSR count). The molecule has 4 nitrogen and oxygen atoms in total. The summed E-state index contributed by atoms with van der Waals surface area (Å²) in [6.45, 7) is 6.10. The first-order valence-corrected chi connectivity index (χ1v) is 9.82. The van der Waals surface area contributed by atoms with E-state index >= 15 is 0 Å². The summed E-state index contributed by atoms with van der Waals surface area (Å²) < 4.78 is 27.9. The van der Waals surface area contributed by atoms with Crippen molar-refractivity contribution in [3.05, 3.63) is 65.7 Å². The zero-order chi connectivity index (χ0) is 17.4. The van der Waals surface area contributed by atoms with Gasteiger partial charge in [0.1, 0.15) is 0 Å². The predicted molar refractivity (Wildman–Crippen MR) is 102 cm³/mol. The maximum absolute atomic E-state index is 12.0. The van der Waals surface area contributed by atoms with Crippen molar-refractivity contribution in [2.24, 2.45) is 4.40 Å². The summed E-state index contributed by atoms with van der Waals surface area (Å²) in [6.07, 6.45) is 1.90. The third-order valence-corrected chi connectivity index (χ3v) is 5.02. The molecule has 0 saturated carbocycles. The Labute approximate surface area is 144 Å². The van der Waals surface area contributed by atoms with Gasteiger partial charge in [-0.05, 0) is 43.5 Å². The monoisotopic (exact) mass is 344 g/mol. The fraction of sp³-hybridized carbons (Fsp3) is 0.316. The molecule has 0 unspecified atom stereocenters. The van der Waals surface area contributed by atoms with E-state index in [1.54, 1.807) is 0 Å². The number of sulfonamides is 1. The highest BCUT2D eigenvalue weighted by Crippen LogP contribution is 2.14. The van der Waals surface area contributed by atoms with Gasteiger partial charge in [-0.25, -0.2) is 8.42 Å². The Morgan fingerprint density at radius 2 is 1.58 bits per heavy atom. The summed E-state index contributed by atoms with van der Waals surface area (Å²) in [7, 11) is -3.45.